The first-order chi connectivity index (χ1) is 10.9. The molecule has 8 heteroatoms. The largest absolute Gasteiger partial charge is 0.459 e. The van der Waals surface area contributed by atoms with Gasteiger partial charge in [0, 0.05) is 26.3 Å². The number of aliphatic imine (C=N–C) groups is 1. The molecule has 0 bridgehead atoms. The van der Waals surface area contributed by atoms with Crippen molar-refractivity contribution in [3.8, 4) is 0 Å². The van der Waals surface area contributed by atoms with Crippen molar-refractivity contribution in [1.29, 1.82) is 0 Å². The fraction of sp³-hybridized carbons (Fsp3) is 0.875. The maximum absolute atomic E-state index is 11.7. The summed E-state index contributed by atoms with van der Waals surface area (Å²) < 4.78 is 16.2. The monoisotopic (exact) mass is 457 g/mol. The minimum absolute atomic E-state index is 0. The van der Waals surface area contributed by atoms with Gasteiger partial charge in [0.2, 0.25) is 0 Å². The zero-order valence-electron chi connectivity index (χ0n) is 15.2. The van der Waals surface area contributed by atoms with E-state index in [1.54, 1.807) is 0 Å². The van der Waals surface area contributed by atoms with Gasteiger partial charge >= 0.3 is 5.97 Å². The van der Waals surface area contributed by atoms with E-state index in [0.717, 1.165) is 32.5 Å². The summed E-state index contributed by atoms with van der Waals surface area (Å²) in [7, 11) is 0. The molecule has 1 heterocycles. The summed E-state index contributed by atoms with van der Waals surface area (Å²) >= 11 is 0. The lowest BCUT2D eigenvalue weighted by Crippen LogP contribution is -2.39. The van der Waals surface area contributed by atoms with Crippen LogP contribution in [-0.2, 0) is 19.0 Å². The van der Waals surface area contributed by atoms with Crippen LogP contribution in [0.15, 0.2) is 4.99 Å². The standard InChI is InChI=1S/C16H31N3O4.HI/c1-5-17-15(19-11-14(20)23-16(2,3)4)18-8-6-9-22-13-7-10-21-12-13;/h13H,5-12H2,1-4H3,(H2,17,18,19);1H. The number of carbonyl (C=O) groups is 1. The molecule has 1 aliphatic heterocycles. The lowest BCUT2D eigenvalue weighted by Gasteiger charge is -2.19. The van der Waals surface area contributed by atoms with Crippen LogP contribution in [0.3, 0.4) is 0 Å². The molecular formula is C16H32IN3O4. The maximum atomic E-state index is 11.7. The van der Waals surface area contributed by atoms with E-state index in [2.05, 4.69) is 15.6 Å². The molecule has 1 unspecified atom stereocenters. The number of ether oxygens (including phenoxy) is 3. The smallest absolute Gasteiger partial charge is 0.328 e. The predicted molar refractivity (Wildman–Crippen MR) is 105 cm³/mol. The van der Waals surface area contributed by atoms with E-state index in [9.17, 15) is 4.79 Å². The van der Waals surface area contributed by atoms with Gasteiger partial charge in [0.05, 0.1) is 12.7 Å². The van der Waals surface area contributed by atoms with E-state index in [1.807, 2.05) is 27.7 Å². The molecule has 1 rings (SSSR count). The summed E-state index contributed by atoms with van der Waals surface area (Å²) in [6.45, 7) is 11.2. The highest BCUT2D eigenvalue weighted by Gasteiger charge is 2.16. The zero-order valence-corrected chi connectivity index (χ0v) is 17.6. The van der Waals surface area contributed by atoms with E-state index < -0.39 is 5.60 Å². The van der Waals surface area contributed by atoms with Crippen LogP contribution in [0.4, 0.5) is 0 Å². The molecule has 7 nitrogen and oxygen atoms in total. The van der Waals surface area contributed by atoms with E-state index >= 15 is 0 Å². The Bertz CT molecular complexity index is 380. The first kappa shape index (κ1) is 23.4. The van der Waals surface area contributed by atoms with Crippen LogP contribution in [-0.4, -0.2) is 63.1 Å². The molecular weight excluding hydrogens is 425 g/mol. The van der Waals surface area contributed by atoms with Crippen molar-refractivity contribution in [2.75, 3.05) is 39.5 Å². The average molecular weight is 457 g/mol. The van der Waals surface area contributed by atoms with Crippen molar-refractivity contribution in [1.82, 2.24) is 10.6 Å². The van der Waals surface area contributed by atoms with Crippen LogP contribution in [0.5, 0.6) is 0 Å². The van der Waals surface area contributed by atoms with Gasteiger partial charge in [0.25, 0.3) is 0 Å². The highest BCUT2D eigenvalue weighted by Crippen LogP contribution is 2.08. The second-order valence-electron chi connectivity index (χ2n) is 6.42. The van der Waals surface area contributed by atoms with Crippen LogP contribution in [0, 0.1) is 0 Å². The summed E-state index contributed by atoms with van der Waals surface area (Å²) in [5.74, 6) is 0.279. The molecule has 1 atom stereocenters. The average Bonchev–Trinajstić information content (AvgIpc) is 2.95. The molecule has 0 aromatic rings. The number of nitrogens with zero attached hydrogens (tertiary/aromatic N) is 1. The summed E-state index contributed by atoms with van der Waals surface area (Å²) in [5.41, 5.74) is -0.486. The summed E-state index contributed by atoms with van der Waals surface area (Å²) in [6.07, 6.45) is 2.09. The first-order valence-electron chi connectivity index (χ1n) is 8.34. The van der Waals surface area contributed by atoms with Gasteiger partial charge in [-0.05, 0) is 40.5 Å². The van der Waals surface area contributed by atoms with Gasteiger partial charge in [-0.1, -0.05) is 0 Å². The summed E-state index contributed by atoms with van der Waals surface area (Å²) in [5, 5.41) is 6.29. The van der Waals surface area contributed by atoms with E-state index in [4.69, 9.17) is 14.2 Å². The molecule has 0 radical (unpaired) electrons. The fourth-order valence-electron chi connectivity index (χ4n) is 2.03. The highest BCUT2D eigenvalue weighted by molar-refractivity contribution is 14.0. The van der Waals surface area contributed by atoms with E-state index in [1.165, 1.54) is 0 Å². The molecule has 1 aliphatic rings. The molecule has 24 heavy (non-hydrogen) atoms. The SMILES string of the molecule is CCNC(=NCC(=O)OC(C)(C)C)NCCCOC1CCOC1.I. The number of hydrogen-bond donors (Lipinski definition) is 2. The van der Waals surface area contributed by atoms with Gasteiger partial charge in [-0.15, -0.1) is 24.0 Å². The Morgan fingerprint density at radius 3 is 2.67 bits per heavy atom. The highest BCUT2D eigenvalue weighted by atomic mass is 127. The topological polar surface area (TPSA) is 81.2 Å². The Morgan fingerprint density at radius 1 is 1.33 bits per heavy atom. The number of hydrogen-bond acceptors (Lipinski definition) is 5. The molecule has 0 aliphatic carbocycles. The second kappa shape index (κ2) is 12.7. The number of rotatable bonds is 8. The van der Waals surface area contributed by atoms with Crippen LogP contribution in [0.25, 0.3) is 0 Å². The van der Waals surface area contributed by atoms with Crippen molar-refractivity contribution >= 4 is 35.9 Å². The molecule has 0 spiro atoms. The molecule has 0 aromatic carbocycles. The predicted octanol–water partition coefficient (Wildman–Crippen LogP) is 1.70. The Balaban J connectivity index is 0.00000529. The van der Waals surface area contributed by atoms with Gasteiger partial charge in [-0.3, -0.25) is 4.79 Å². The molecule has 1 saturated heterocycles. The molecule has 1 fully saturated rings. The number of nitrogens with one attached hydrogen (secondary N) is 2. The van der Waals surface area contributed by atoms with Gasteiger partial charge in [-0.25, -0.2) is 4.99 Å². The van der Waals surface area contributed by atoms with Crippen LogP contribution in [0.1, 0.15) is 40.5 Å². The van der Waals surface area contributed by atoms with Crippen molar-refractivity contribution in [2.45, 2.75) is 52.2 Å². The van der Waals surface area contributed by atoms with E-state index in [-0.39, 0.29) is 42.6 Å². The van der Waals surface area contributed by atoms with Crippen molar-refractivity contribution in [3.63, 3.8) is 0 Å². The number of halogens is 1. The van der Waals surface area contributed by atoms with Gasteiger partial charge in [-0.2, -0.15) is 0 Å². The van der Waals surface area contributed by atoms with Crippen molar-refractivity contribution < 1.29 is 19.0 Å². The van der Waals surface area contributed by atoms with Crippen molar-refractivity contribution in [2.24, 2.45) is 4.99 Å². The van der Waals surface area contributed by atoms with Gasteiger partial charge < -0.3 is 24.8 Å². The van der Waals surface area contributed by atoms with E-state index in [0.29, 0.717) is 19.2 Å². The lowest BCUT2D eigenvalue weighted by molar-refractivity contribution is -0.152. The second-order valence-corrected chi connectivity index (χ2v) is 6.42. The van der Waals surface area contributed by atoms with Crippen LogP contribution in [0.2, 0.25) is 0 Å². The maximum Gasteiger partial charge on any atom is 0.328 e. The Labute approximate surface area is 162 Å². The van der Waals surface area contributed by atoms with Crippen LogP contribution >= 0.6 is 24.0 Å². The quantitative estimate of drug-likeness (QED) is 0.190. The molecule has 0 saturated carbocycles. The molecule has 2 N–H and O–H groups in total. The fourth-order valence-corrected chi connectivity index (χ4v) is 2.03. The van der Waals surface area contributed by atoms with Gasteiger partial charge in [0.1, 0.15) is 12.1 Å². The summed E-state index contributed by atoms with van der Waals surface area (Å²) in [4.78, 5) is 15.9. The summed E-state index contributed by atoms with van der Waals surface area (Å²) in [6, 6.07) is 0. The third-order valence-corrected chi connectivity index (χ3v) is 2.99. The number of carbonyl (C=O) groups excluding carboxylic acids is 1. The molecule has 142 valence electrons. The van der Waals surface area contributed by atoms with Crippen LogP contribution < -0.4 is 10.6 Å². The minimum Gasteiger partial charge on any atom is -0.459 e. The minimum atomic E-state index is -0.486. The third kappa shape index (κ3) is 11.9. The Kier molecular flexibility index (Phi) is 12.4. The van der Waals surface area contributed by atoms with Crippen molar-refractivity contribution in [3.05, 3.63) is 0 Å². The lowest BCUT2D eigenvalue weighted by atomic mass is 10.2. The third-order valence-electron chi connectivity index (χ3n) is 2.99. The molecule has 0 amide bonds. The Hall–Kier alpha value is -0.610. The number of esters is 1. The molecule has 0 aromatic heterocycles. The number of guanidine groups is 1. The Morgan fingerprint density at radius 2 is 2.08 bits per heavy atom. The normalized spacial score (nSPS) is 18.0. The van der Waals surface area contributed by atoms with Gasteiger partial charge in [0.15, 0.2) is 5.96 Å². The first-order valence-corrected chi connectivity index (χ1v) is 8.34. The zero-order chi connectivity index (χ0) is 17.1.